The lowest BCUT2D eigenvalue weighted by Gasteiger charge is -2.33. The Hall–Kier alpha value is -5.27. The van der Waals surface area contributed by atoms with Crippen LogP contribution < -0.4 is 21.7 Å². The molecule has 51 heavy (non-hydrogen) atoms. The number of piperidine rings is 1. The topological polar surface area (TPSA) is 228 Å². The summed E-state index contributed by atoms with van der Waals surface area (Å²) in [4.78, 5) is 55.7. The summed E-state index contributed by atoms with van der Waals surface area (Å²) in [5.41, 5.74) is 9.01. The Morgan fingerprint density at radius 1 is 1.04 bits per heavy atom. The quantitative estimate of drug-likeness (QED) is 0.0851. The first kappa shape index (κ1) is 45.7. The van der Waals surface area contributed by atoms with Gasteiger partial charge in [-0.1, -0.05) is 38.1 Å². The number of anilines is 2. The molecular weight excluding hydrogens is 654 g/mol. The second-order valence-corrected chi connectivity index (χ2v) is 12.0. The van der Waals surface area contributed by atoms with E-state index in [1.54, 1.807) is 25.7 Å². The van der Waals surface area contributed by atoms with Gasteiger partial charge in [-0.15, -0.1) is 0 Å². The van der Waals surface area contributed by atoms with Gasteiger partial charge in [0.05, 0.1) is 6.42 Å². The number of likely N-dealkylation sites (tertiary alicyclic amines) is 1. The Balaban J connectivity index is 0.00000286. The van der Waals surface area contributed by atoms with Crippen LogP contribution in [0.1, 0.15) is 84.8 Å². The molecule has 1 aliphatic rings. The van der Waals surface area contributed by atoms with Gasteiger partial charge in [0.1, 0.15) is 5.60 Å². The maximum Gasteiger partial charge on any atom is 0.306 e. The van der Waals surface area contributed by atoms with Crippen LogP contribution in [0.2, 0.25) is 0 Å². The summed E-state index contributed by atoms with van der Waals surface area (Å²) in [6, 6.07) is 11.7. The van der Waals surface area contributed by atoms with Crippen molar-refractivity contribution in [3.63, 3.8) is 0 Å². The smallest absolute Gasteiger partial charge is 0.306 e. The molecule has 1 heterocycles. The summed E-state index contributed by atoms with van der Waals surface area (Å²) >= 11 is 0. The van der Waals surface area contributed by atoms with Crippen molar-refractivity contribution in [2.24, 2.45) is 11.7 Å². The number of nitrogens with two attached hydrogens (primary N) is 1. The van der Waals surface area contributed by atoms with Gasteiger partial charge < -0.3 is 47.2 Å². The highest BCUT2D eigenvalue weighted by Crippen LogP contribution is 2.35. The minimum Gasteiger partial charge on any atom is -0.483 e. The fourth-order valence-corrected chi connectivity index (χ4v) is 5.27. The zero-order valence-electron chi connectivity index (χ0n) is 31.1. The first-order chi connectivity index (χ1) is 24.3. The van der Waals surface area contributed by atoms with Crippen LogP contribution in [0.4, 0.5) is 11.4 Å². The molecule has 0 radical (unpaired) electrons. The fourth-order valence-electron chi connectivity index (χ4n) is 5.27. The predicted octanol–water partition coefficient (Wildman–Crippen LogP) is 4.89. The minimum atomic E-state index is -0.582. The number of ether oxygens (including phenoxy) is 1. The zero-order valence-corrected chi connectivity index (χ0v) is 31.1. The number of benzene rings is 2. The molecule has 1 saturated heterocycles. The molecular formula is C37H57N7O7. The number of carbonyl (C=O) groups excluding carboxylic acids is 4. The summed E-state index contributed by atoms with van der Waals surface area (Å²) in [5, 5.41) is 33.3. The van der Waals surface area contributed by atoms with E-state index in [-0.39, 0.29) is 49.4 Å². The number of hydrogen-bond acceptors (Lipinski definition) is 10. The average molecular weight is 712 g/mol. The minimum absolute atomic E-state index is 0.0348. The van der Waals surface area contributed by atoms with E-state index in [2.05, 4.69) is 21.7 Å². The number of nitrogens with one attached hydrogen (secondary N) is 5. The SMILES string of the molecule is CC.CCNC(=O)CCNc1cccc(-c2ccc(C=N)c(NC)c2)c1C(=N)C1CCN(C(=O)CCC(=O)OC(C)(C)C)CC1.NC=O.O=CO. The van der Waals surface area contributed by atoms with Crippen molar-refractivity contribution in [1.29, 1.82) is 10.8 Å². The van der Waals surface area contributed by atoms with Gasteiger partial charge in [-0.2, -0.15) is 0 Å². The van der Waals surface area contributed by atoms with E-state index in [1.165, 1.54) is 6.21 Å². The molecule has 0 atom stereocenters. The van der Waals surface area contributed by atoms with Gasteiger partial charge in [0.2, 0.25) is 18.2 Å². The number of primary amides is 1. The molecule has 3 amide bonds. The van der Waals surface area contributed by atoms with Crippen molar-refractivity contribution in [3.8, 4) is 11.1 Å². The lowest BCUT2D eigenvalue weighted by Crippen LogP contribution is -2.40. The monoisotopic (exact) mass is 711 g/mol. The van der Waals surface area contributed by atoms with E-state index in [9.17, 15) is 19.8 Å². The van der Waals surface area contributed by atoms with E-state index in [4.69, 9.17) is 24.8 Å². The number of nitrogens with zero attached hydrogens (tertiary/aromatic N) is 1. The van der Waals surface area contributed by atoms with E-state index in [1.807, 2.05) is 64.2 Å². The molecule has 0 bridgehead atoms. The third-order valence-corrected chi connectivity index (χ3v) is 7.38. The molecule has 0 aromatic heterocycles. The Bertz CT molecular complexity index is 1430. The van der Waals surface area contributed by atoms with E-state index < -0.39 is 5.60 Å². The molecule has 0 unspecified atom stereocenters. The van der Waals surface area contributed by atoms with Crippen molar-refractivity contribution in [2.75, 3.05) is 43.9 Å². The Morgan fingerprint density at radius 3 is 2.18 bits per heavy atom. The first-order valence-electron chi connectivity index (χ1n) is 17.1. The van der Waals surface area contributed by atoms with Crippen LogP contribution >= 0.6 is 0 Å². The molecule has 0 saturated carbocycles. The third-order valence-electron chi connectivity index (χ3n) is 7.38. The van der Waals surface area contributed by atoms with Gasteiger partial charge in [-0.3, -0.25) is 24.0 Å². The second-order valence-electron chi connectivity index (χ2n) is 12.0. The van der Waals surface area contributed by atoms with Gasteiger partial charge in [0, 0.05) is 86.4 Å². The van der Waals surface area contributed by atoms with Crippen LogP contribution in [0.5, 0.6) is 0 Å². The normalized spacial score (nSPS) is 12.1. The van der Waals surface area contributed by atoms with Gasteiger partial charge in [-0.25, -0.2) is 0 Å². The van der Waals surface area contributed by atoms with Crippen LogP contribution in [-0.2, 0) is 28.7 Å². The molecule has 2 aromatic rings. The average Bonchev–Trinajstić information content (AvgIpc) is 3.11. The van der Waals surface area contributed by atoms with Gasteiger partial charge in [-0.05, 0) is 63.8 Å². The summed E-state index contributed by atoms with van der Waals surface area (Å²) in [6.07, 6.45) is 3.30. The molecule has 14 heteroatoms. The second kappa shape index (κ2) is 24.8. The van der Waals surface area contributed by atoms with Crippen molar-refractivity contribution >= 4 is 54.0 Å². The van der Waals surface area contributed by atoms with Crippen molar-refractivity contribution in [3.05, 3.63) is 47.5 Å². The number of rotatable bonds is 13. The molecule has 0 spiro atoms. The lowest BCUT2D eigenvalue weighted by atomic mass is 9.84. The van der Waals surface area contributed by atoms with Crippen molar-refractivity contribution < 1.29 is 33.8 Å². The number of carbonyl (C=O) groups is 5. The summed E-state index contributed by atoms with van der Waals surface area (Å²) in [6.45, 7) is 13.1. The summed E-state index contributed by atoms with van der Waals surface area (Å²) in [5.74, 6) is -0.553. The van der Waals surface area contributed by atoms with Gasteiger partial charge in [0.25, 0.3) is 6.47 Å². The highest BCUT2D eigenvalue weighted by atomic mass is 16.6. The van der Waals surface area contributed by atoms with E-state index in [0.29, 0.717) is 51.2 Å². The van der Waals surface area contributed by atoms with Crippen molar-refractivity contribution in [1.82, 2.24) is 10.2 Å². The third kappa shape index (κ3) is 16.3. The van der Waals surface area contributed by atoms with Crippen LogP contribution in [0, 0.1) is 16.7 Å². The summed E-state index contributed by atoms with van der Waals surface area (Å²) in [7, 11) is 1.82. The van der Waals surface area contributed by atoms with Gasteiger partial charge in [0.15, 0.2) is 0 Å². The van der Waals surface area contributed by atoms with Crippen LogP contribution in [0.3, 0.4) is 0 Å². The molecule has 1 aliphatic heterocycles. The van der Waals surface area contributed by atoms with E-state index in [0.717, 1.165) is 33.6 Å². The maximum absolute atomic E-state index is 12.8. The zero-order chi connectivity index (χ0) is 39.0. The highest BCUT2D eigenvalue weighted by molar-refractivity contribution is 6.10. The molecule has 282 valence electrons. The predicted molar refractivity (Wildman–Crippen MR) is 203 cm³/mol. The number of amides is 3. The first-order valence-corrected chi connectivity index (χ1v) is 17.1. The molecule has 1 fully saturated rings. The van der Waals surface area contributed by atoms with Crippen LogP contribution in [0.25, 0.3) is 11.1 Å². The Kier molecular flexibility index (Phi) is 22.2. The van der Waals surface area contributed by atoms with Gasteiger partial charge >= 0.3 is 5.97 Å². The maximum atomic E-state index is 12.8. The van der Waals surface area contributed by atoms with E-state index >= 15 is 0 Å². The summed E-state index contributed by atoms with van der Waals surface area (Å²) < 4.78 is 5.33. The largest absolute Gasteiger partial charge is 0.483 e. The molecule has 0 aliphatic carbocycles. The number of hydrogen-bond donors (Lipinski definition) is 7. The Labute approximate surface area is 301 Å². The standard InChI is InChI=1S/C33H46N6O4.C2H6.CH3NO.CH2O2/c1-6-37-28(40)14-17-38-26-9-7-8-25(23-10-11-24(21-34)27(20-23)36-5)31(26)32(35)22-15-18-39(19-16-22)29(41)12-13-30(42)43-33(2,3)4;1-2;2*2-1-3/h7-11,20-22,34-36,38H,6,12-19H2,1-5H3,(H,37,40);1-2H3;1H,(H2,2,3);1H,(H,2,3). The molecule has 3 rings (SSSR count). The van der Waals surface area contributed by atoms with Crippen LogP contribution in [0.15, 0.2) is 36.4 Å². The molecule has 8 N–H and O–H groups in total. The van der Waals surface area contributed by atoms with Crippen LogP contribution in [-0.4, -0.2) is 91.4 Å². The number of carboxylic acid groups (broad SMARTS) is 1. The Morgan fingerprint density at radius 2 is 1.65 bits per heavy atom. The number of esters is 1. The molecule has 2 aromatic carbocycles. The molecule has 14 nitrogen and oxygen atoms in total. The fraction of sp³-hybridized carbons (Fsp3) is 0.486. The lowest BCUT2D eigenvalue weighted by molar-refractivity contribution is -0.156. The van der Waals surface area contributed by atoms with Crippen molar-refractivity contribution in [2.45, 2.75) is 79.2 Å². The highest BCUT2D eigenvalue weighted by Gasteiger charge is 2.29.